The number of benzene rings is 1. The van der Waals surface area contributed by atoms with E-state index in [9.17, 15) is 4.79 Å². The highest BCUT2D eigenvalue weighted by Gasteiger charge is 2.35. The third kappa shape index (κ3) is 4.44. The monoisotopic (exact) mass is 292 g/mol. The first-order valence-electron chi connectivity index (χ1n) is 7.40. The van der Waals surface area contributed by atoms with Crippen LogP contribution in [-0.2, 0) is 9.53 Å². The van der Waals surface area contributed by atoms with Gasteiger partial charge in [-0.2, -0.15) is 0 Å². The number of carbonyl (C=O) groups is 1. The summed E-state index contributed by atoms with van der Waals surface area (Å²) < 4.78 is 10.9. The summed E-state index contributed by atoms with van der Waals surface area (Å²) in [5.74, 6) is 1.05. The molecule has 0 unspecified atom stereocenters. The van der Waals surface area contributed by atoms with Crippen LogP contribution in [0.1, 0.15) is 26.7 Å². The number of nitrogens with one attached hydrogen (secondary N) is 1. The number of anilines is 1. The van der Waals surface area contributed by atoms with Crippen molar-refractivity contribution in [2.45, 2.75) is 32.2 Å². The molecule has 5 heteroatoms. The van der Waals surface area contributed by atoms with E-state index >= 15 is 0 Å². The maximum Gasteiger partial charge on any atom is 0.244 e. The van der Waals surface area contributed by atoms with Crippen LogP contribution >= 0.6 is 0 Å². The Morgan fingerprint density at radius 3 is 2.81 bits per heavy atom. The van der Waals surface area contributed by atoms with E-state index in [1.54, 1.807) is 0 Å². The normalized spacial score (nSPS) is 17.5. The van der Waals surface area contributed by atoms with Crippen molar-refractivity contribution in [2.75, 3.05) is 25.1 Å². The third-order valence-electron chi connectivity index (χ3n) is 3.51. The number of amides is 1. The standard InChI is InChI=1S/C16H24N2O3/c1-12(2)11-21-14-5-3-4-13(10-14)18-15(19)16(17)6-8-20-9-7-16/h3-5,10,12H,6-9,11,17H2,1-2H3,(H,18,19). The molecule has 0 spiro atoms. The van der Waals surface area contributed by atoms with Gasteiger partial charge in [0.2, 0.25) is 5.91 Å². The lowest BCUT2D eigenvalue weighted by Crippen LogP contribution is -2.54. The van der Waals surface area contributed by atoms with Crippen LogP contribution in [0.5, 0.6) is 5.75 Å². The van der Waals surface area contributed by atoms with Gasteiger partial charge in [-0.1, -0.05) is 19.9 Å². The zero-order valence-corrected chi connectivity index (χ0v) is 12.7. The van der Waals surface area contributed by atoms with E-state index in [4.69, 9.17) is 15.2 Å². The Morgan fingerprint density at radius 1 is 1.43 bits per heavy atom. The second-order valence-corrected chi connectivity index (χ2v) is 5.96. The van der Waals surface area contributed by atoms with Gasteiger partial charge in [-0.05, 0) is 30.9 Å². The Kier molecular flexibility index (Phi) is 5.20. The van der Waals surface area contributed by atoms with E-state index in [0.29, 0.717) is 44.3 Å². The molecule has 1 saturated heterocycles. The lowest BCUT2D eigenvalue weighted by atomic mass is 9.90. The van der Waals surface area contributed by atoms with Crippen molar-refractivity contribution in [3.63, 3.8) is 0 Å². The summed E-state index contributed by atoms with van der Waals surface area (Å²) in [6.07, 6.45) is 1.09. The summed E-state index contributed by atoms with van der Waals surface area (Å²) in [7, 11) is 0. The Labute approximate surface area is 125 Å². The highest BCUT2D eigenvalue weighted by Crippen LogP contribution is 2.22. The lowest BCUT2D eigenvalue weighted by Gasteiger charge is -2.31. The molecule has 5 nitrogen and oxygen atoms in total. The molecule has 1 aliphatic rings. The molecule has 1 aliphatic heterocycles. The topological polar surface area (TPSA) is 73.6 Å². The van der Waals surface area contributed by atoms with Crippen molar-refractivity contribution in [1.29, 1.82) is 0 Å². The smallest absolute Gasteiger partial charge is 0.244 e. The summed E-state index contributed by atoms with van der Waals surface area (Å²) in [5, 5.41) is 2.88. The minimum Gasteiger partial charge on any atom is -0.493 e. The number of rotatable bonds is 5. The van der Waals surface area contributed by atoms with Crippen LogP contribution in [0.25, 0.3) is 0 Å². The number of carbonyl (C=O) groups excluding carboxylic acids is 1. The van der Waals surface area contributed by atoms with Crippen LogP contribution < -0.4 is 15.8 Å². The summed E-state index contributed by atoms with van der Waals surface area (Å²) >= 11 is 0. The van der Waals surface area contributed by atoms with Gasteiger partial charge in [0, 0.05) is 25.0 Å². The quantitative estimate of drug-likeness (QED) is 0.872. The van der Waals surface area contributed by atoms with Gasteiger partial charge in [0.25, 0.3) is 0 Å². The van der Waals surface area contributed by atoms with Gasteiger partial charge in [0.05, 0.1) is 6.61 Å². The van der Waals surface area contributed by atoms with E-state index in [1.807, 2.05) is 24.3 Å². The molecule has 0 bridgehead atoms. The van der Waals surface area contributed by atoms with Crippen molar-refractivity contribution in [3.05, 3.63) is 24.3 Å². The fourth-order valence-electron chi connectivity index (χ4n) is 2.14. The lowest BCUT2D eigenvalue weighted by molar-refractivity contribution is -0.124. The van der Waals surface area contributed by atoms with Crippen molar-refractivity contribution < 1.29 is 14.3 Å². The molecule has 2 rings (SSSR count). The molecular formula is C16H24N2O3. The van der Waals surface area contributed by atoms with Crippen molar-refractivity contribution in [2.24, 2.45) is 11.7 Å². The van der Waals surface area contributed by atoms with Crippen LogP contribution in [0.3, 0.4) is 0 Å². The number of hydrogen-bond acceptors (Lipinski definition) is 4. The molecule has 1 heterocycles. The van der Waals surface area contributed by atoms with Gasteiger partial charge in [-0.3, -0.25) is 4.79 Å². The Balaban J connectivity index is 1.98. The molecule has 0 aromatic heterocycles. The maximum atomic E-state index is 12.3. The zero-order valence-electron chi connectivity index (χ0n) is 12.7. The fraction of sp³-hybridized carbons (Fsp3) is 0.562. The predicted octanol–water partition coefficient (Wildman–Crippen LogP) is 2.17. The van der Waals surface area contributed by atoms with Crippen molar-refractivity contribution >= 4 is 11.6 Å². The Morgan fingerprint density at radius 2 is 2.14 bits per heavy atom. The average molecular weight is 292 g/mol. The number of hydrogen-bond donors (Lipinski definition) is 2. The highest BCUT2D eigenvalue weighted by molar-refractivity contribution is 5.98. The second kappa shape index (κ2) is 6.91. The molecule has 1 aromatic rings. The van der Waals surface area contributed by atoms with Crippen LogP contribution in [0, 0.1) is 5.92 Å². The van der Waals surface area contributed by atoms with Gasteiger partial charge in [-0.25, -0.2) is 0 Å². The largest absolute Gasteiger partial charge is 0.493 e. The predicted molar refractivity (Wildman–Crippen MR) is 82.4 cm³/mol. The molecule has 0 saturated carbocycles. The van der Waals surface area contributed by atoms with Gasteiger partial charge in [0.1, 0.15) is 11.3 Å². The molecule has 0 radical (unpaired) electrons. The maximum absolute atomic E-state index is 12.3. The fourth-order valence-corrected chi connectivity index (χ4v) is 2.14. The van der Waals surface area contributed by atoms with E-state index in [0.717, 1.165) is 5.75 Å². The average Bonchev–Trinajstić information content (AvgIpc) is 2.46. The van der Waals surface area contributed by atoms with E-state index in [2.05, 4.69) is 19.2 Å². The summed E-state index contributed by atoms with van der Waals surface area (Å²) in [4.78, 5) is 12.3. The van der Waals surface area contributed by atoms with Crippen LogP contribution in [0.15, 0.2) is 24.3 Å². The highest BCUT2D eigenvalue weighted by atomic mass is 16.5. The molecule has 21 heavy (non-hydrogen) atoms. The summed E-state index contributed by atoms with van der Waals surface area (Å²) in [6, 6.07) is 7.40. The van der Waals surface area contributed by atoms with Gasteiger partial charge < -0.3 is 20.5 Å². The molecule has 1 amide bonds. The molecule has 0 atom stereocenters. The molecule has 1 aromatic carbocycles. The van der Waals surface area contributed by atoms with E-state index in [-0.39, 0.29) is 5.91 Å². The zero-order chi connectivity index (χ0) is 15.3. The molecule has 1 fully saturated rings. The van der Waals surface area contributed by atoms with Crippen molar-refractivity contribution in [1.82, 2.24) is 0 Å². The first-order valence-corrected chi connectivity index (χ1v) is 7.40. The minimum absolute atomic E-state index is 0.160. The van der Waals surface area contributed by atoms with E-state index < -0.39 is 5.54 Å². The van der Waals surface area contributed by atoms with Gasteiger partial charge in [-0.15, -0.1) is 0 Å². The first-order chi connectivity index (χ1) is 9.99. The summed E-state index contributed by atoms with van der Waals surface area (Å²) in [5.41, 5.74) is 6.03. The van der Waals surface area contributed by atoms with E-state index in [1.165, 1.54) is 0 Å². The molecule has 3 N–H and O–H groups in total. The number of ether oxygens (including phenoxy) is 2. The SMILES string of the molecule is CC(C)COc1cccc(NC(=O)C2(N)CCOCC2)c1. The first kappa shape index (κ1) is 15.8. The van der Waals surface area contributed by atoms with Crippen LogP contribution in [0.2, 0.25) is 0 Å². The Hall–Kier alpha value is -1.59. The summed E-state index contributed by atoms with van der Waals surface area (Å²) in [6.45, 7) is 5.89. The van der Waals surface area contributed by atoms with Gasteiger partial charge >= 0.3 is 0 Å². The van der Waals surface area contributed by atoms with Crippen LogP contribution in [0.4, 0.5) is 5.69 Å². The van der Waals surface area contributed by atoms with Gasteiger partial charge in [0.15, 0.2) is 0 Å². The molecule has 116 valence electrons. The van der Waals surface area contributed by atoms with Crippen LogP contribution in [-0.4, -0.2) is 31.3 Å². The molecular weight excluding hydrogens is 268 g/mol. The minimum atomic E-state index is -0.840. The number of nitrogens with two attached hydrogens (primary N) is 1. The Bertz CT molecular complexity index is 482. The van der Waals surface area contributed by atoms with Crippen molar-refractivity contribution in [3.8, 4) is 5.75 Å². The second-order valence-electron chi connectivity index (χ2n) is 5.96. The molecule has 0 aliphatic carbocycles. The third-order valence-corrected chi connectivity index (χ3v) is 3.51.